The molecule has 8 heteroatoms. The Labute approximate surface area is 200 Å². The van der Waals surface area contributed by atoms with Gasteiger partial charge in [-0.25, -0.2) is 9.78 Å². The number of rotatable bonds is 7. The second kappa shape index (κ2) is 9.30. The van der Waals surface area contributed by atoms with Crippen LogP contribution in [0.5, 0.6) is 11.5 Å². The lowest BCUT2D eigenvalue weighted by Gasteiger charge is -2.09. The van der Waals surface area contributed by atoms with Gasteiger partial charge in [-0.2, -0.15) is 0 Å². The lowest BCUT2D eigenvalue weighted by molar-refractivity contribution is -0.118. The zero-order valence-electron chi connectivity index (χ0n) is 18.9. The van der Waals surface area contributed by atoms with Crippen LogP contribution in [0.4, 0.5) is 5.13 Å². The van der Waals surface area contributed by atoms with Crippen LogP contribution in [0.25, 0.3) is 22.2 Å². The van der Waals surface area contributed by atoms with Gasteiger partial charge in [-0.1, -0.05) is 0 Å². The van der Waals surface area contributed by atoms with Crippen molar-refractivity contribution in [3.05, 3.63) is 69.4 Å². The summed E-state index contributed by atoms with van der Waals surface area (Å²) in [6.45, 7) is 3.78. The molecule has 0 radical (unpaired) electrons. The fourth-order valence-corrected chi connectivity index (χ4v) is 4.83. The van der Waals surface area contributed by atoms with Gasteiger partial charge in [-0.05, 0) is 75.1 Å². The van der Waals surface area contributed by atoms with E-state index in [0.29, 0.717) is 16.5 Å². The van der Waals surface area contributed by atoms with E-state index in [0.717, 1.165) is 52.8 Å². The lowest BCUT2D eigenvalue weighted by Crippen LogP contribution is -2.20. The quantitative estimate of drug-likeness (QED) is 0.368. The van der Waals surface area contributed by atoms with E-state index in [2.05, 4.69) is 10.3 Å². The van der Waals surface area contributed by atoms with Crippen LogP contribution in [0.2, 0.25) is 0 Å². The lowest BCUT2D eigenvalue weighted by atomic mass is 10.1. The van der Waals surface area contributed by atoms with E-state index in [1.165, 1.54) is 11.3 Å². The van der Waals surface area contributed by atoms with E-state index in [9.17, 15) is 9.59 Å². The summed E-state index contributed by atoms with van der Waals surface area (Å²) in [4.78, 5) is 29.1. The number of benzene rings is 2. The van der Waals surface area contributed by atoms with Crippen molar-refractivity contribution in [1.82, 2.24) is 4.98 Å². The average Bonchev–Trinajstić information content (AvgIpc) is 3.48. The first-order valence-electron chi connectivity index (χ1n) is 11.2. The minimum Gasteiger partial charge on any atom is -0.491 e. The van der Waals surface area contributed by atoms with Gasteiger partial charge in [-0.15, -0.1) is 11.3 Å². The summed E-state index contributed by atoms with van der Waals surface area (Å²) in [5.74, 6) is 0.946. The second-order valence-corrected chi connectivity index (χ2v) is 9.28. The minimum atomic E-state index is -0.322. The Hall–Kier alpha value is -3.65. The third-order valence-corrected chi connectivity index (χ3v) is 6.35. The molecule has 1 amide bonds. The number of aryl methyl sites for hydroxylation is 1. The Balaban J connectivity index is 1.21. The average molecular weight is 477 g/mol. The molecule has 5 rings (SSSR count). The largest absolute Gasteiger partial charge is 0.491 e. The highest BCUT2D eigenvalue weighted by Gasteiger charge is 2.20. The molecule has 34 heavy (non-hydrogen) atoms. The van der Waals surface area contributed by atoms with Crippen molar-refractivity contribution in [3.8, 4) is 22.8 Å². The highest BCUT2D eigenvalue weighted by molar-refractivity contribution is 7.14. The number of carbonyl (C=O) groups excluding carboxylic acids is 1. The summed E-state index contributed by atoms with van der Waals surface area (Å²) in [6, 6.07) is 13.0. The van der Waals surface area contributed by atoms with Crippen molar-refractivity contribution in [2.75, 3.05) is 11.9 Å². The molecule has 0 bridgehead atoms. The first kappa shape index (κ1) is 22.2. The normalized spacial score (nSPS) is 12.7. The molecule has 0 aliphatic heterocycles. The number of aromatic nitrogens is 1. The van der Waals surface area contributed by atoms with Crippen molar-refractivity contribution in [1.29, 1.82) is 0 Å². The molecule has 0 unspecified atom stereocenters. The van der Waals surface area contributed by atoms with Crippen LogP contribution in [0.15, 0.2) is 57.1 Å². The maximum atomic E-state index is 12.4. The SMILES string of the molecule is CC(C)Oc1ccc(-c2csc(NC(=O)COc3ccc4c5c(c(=O)oc4c3)CCC5)n2)cc1. The zero-order valence-corrected chi connectivity index (χ0v) is 19.7. The number of amides is 1. The number of ether oxygens (including phenoxy) is 2. The van der Waals surface area contributed by atoms with Crippen LogP contribution in [-0.4, -0.2) is 23.6 Å². The van der Waals surface area contributed by atoms with E-state index < -0.39 is 0 Å². The van der Waals surface area contributed by atoms with Crippen molar-refractivity contribution in [3.63, 3.8) is 0 Å². The van der Waals surface area contributed by atoms with E-state index in [-0.39, 0.29) is 24.2 Å². The third kappa shape index (κ3) is 4.68. The first-order valence-corrected chi connectivity index (χ1v) is 12.1. The molecule has 0 saturated carbocycles. The molecule has 0 saturated heterocycles. The van der Waals surface area contributed by atoms with Crippen LogP contribution < -0.4 is 20.4 Å². The smallest absolute Gasteiger partial charge is 0.339 e. The summed E-state index contributed by atoms with van der Waals surface area (Å²) < 4.78 is 16.8. The number of hydrogen-bond donors (Lipinski definition) is 1. The van der Waals surface area contributed by atoms with Gasteiger partial charge in [0.05, 0.1) is 11.8 Å². The molecule has 1 aliphatic rings. The minimum absolute atomic E-state index is 0.114. The van der Waals surface area contributed by atoms with Gasteiger partial charge in [0.2, 0.25) is 0 Å². The van der Waals surface area contributed by atoms with E-state index >= 15 is 0 Å². The fourth-order valence-electron chi connectivity index (χ4n) is 4.10. The van der Waals surface area contributed by atoms with Crippen molar-refractivity contribution in [2.24, 2.45) is 0 Å². The molecule has 7 nitrogen and oxygen atoms in total. The van der Waals surface area contributed by atoms with E-state index in [1.54, 1.807) is 12.1 Å². The fraction of sp³-hybridized carbons (Fsp3) is 0.269. The number of carbonyl (C=O) groups is 1. The predicted octanol–water partition coefficient (Wildman–Crippen LogP) is 5.21. The molecular weight excluding hydrogens is 452 g/mol. The summed E-state index contributed by atoms with van der Waals surface area (Å²) >= 11 is 1.34. The van der Waals surface area contributed by atoms with Gasteiger partial charge in [0.15, 0.2) is 11.7 Å². The summed E-state index contributed by atoms with van der Waals surface area (Å²) in [6.07, 6.45) is 2.73. The summed E-state index contributed by atoms with van der Waals surface area (Å²) in [5.41, 5.74) is 3.76. The van der Waals surface area contributed by atoms with Crippen LogP contribution in [0, 0.1) is 0 Å². The van der Waals surface area contributed by atoms with Crippen LogP contribution in [-0.2, 0) is 17.6 Å². The van der Waals surface area contributed by atoms with Gasteiger partial charge < -0.3 is 13.9 Å². The molecule has 0 spiro atoms. The molecule has 0 fully saturated rings. The van der Waals surface area contributed by atoms with Crippen molar-refractivity contribution < 1.29 is 18.7 Å². The van der Waals surface area contributed by atoms with Gasteiger partial charge in [0.1, 0.15) is 17.1 Å². The first-order chi connectivity index (χ1) is 16.5. The Bertz CT molecular complexity index is 1410. The number of anilines is 1. The van der Waals surface area contributed by atoms with Gasteiger partial charge >= 0.3 is 5.63 Å². The highest BCUT2D eigenvalue weighted by atomic mass is 32.1. The number of hydrogen-bond acceptors (Lipinski definition) is 7. The second-order valence-electron chi connectivity index (χ2n) is 8.42. The van der Waals surface area contributed by atoms with Crippen molar-refractivity contribution >= 4 is 33.3 Å². The predicted molar refractivity (Wildman–Crippen MR) is 132 cm³/mol. The van der Waals surface area contributed by atoms with E-state index in [4.69, 9.17) is 13.9 Å². The maximum Gasteiger partial charge on any atom is 0.339 e. The molecule has 1 N–H and O–H groups in total. The number of nitrogens with one attached hydrogen (secondary N) is 1. The van der Waals surface area contributed by atoms with Crippen LogP contribution >= 0.6 is 11.3 Å². The summed E-state index contributed by atoms with van der Waals surface area (Å²) in [5, 5.41) is 6.08. The Morgan fingerprint density at radius 3 is 2.68 bits per heavy atom. The van der Waals surface area contributed by atoms with Gasteiger partial charge in [0.25, 0.3) is 5.91 Å². The topological polar surface area (TPSA) is 90.7 Å². The van der Waals surface area contributed by atoms with Gasteiger partial charge in [0, 0.05) is 28.0 Å². The monoisotopic (exact) mass is 476 g/mol. The van der Waals surface area contributed by atoms with Crippen LogP contribution in [0.3, 0.4) is 0 Å². The molecule has 2 aromatic carbocycles. The molecular formula is C26H24N2O5S. The van der Waals surface area contributed by atoms with Crippen molar-refractivity contribution in [2.45, 2.75) is 39.2 Å². The van der Waals surface area contributed by atoms with E-state index in [1.807, 2.05) is 49.6 Å². The molecule has 2 aromatic heterocycles. The standard InChI is InChI=1S/C26H24N2O5S/c1-15(2)32-17-8-6-16(7-9-17)22-14-34-26(27-22)28-24(29)13-31-18-10-11-20-19-4-3-5-21(19)25(30)33-23(20)12-18/h6-12,14-15H,3-5,13H2,1-2H3,(H,27,28,29). The summed E-state index contributed by atoms with van der Waals surface area (Å²) in [7, 11) is 0. The third-order valence-electron chi connectivity index (χ3n) is 5.59. The highest BCUT2D eigenvalue weighted by Crippen LogP contribution is 2.30. The molecule has 1 aliphatic carbocycles. The zero-order chi connectivity index (χ0) is 23.7. The Morgan fingerprint density at radius 1 is 1.12 bits per heavy atom. The number of thiazole rings is 1. The van der Waals surface area contributed by atoms with Crippen LogP contribution in [0.1, 0.15) is 31.4 Å². The van der Waals surface area contributed by atoms with Gasteiger partial charge in [-0.3, -0.25) is 10.1 Å². The number of nitrogens with zero attached hydrogens (tertiary/aromatic N) is 1. The number of fused-ring (bicyclic) bond motifs is 3. The molecule has 4 aromatic rings. The maximum absolute atomic E-state index is 12.4. The molecule has 174 valence electrons. The molecule has 0 atom stereocenters. The molecule has 2 heterocycles. The Kier molecular flexibility index (Phi) is 6.06. The Morgan fingerprint density at radius 2 is 1.88 bits per heavy atom.